The van der Waals surface area contributed by atoms with E-state index in [1.54, 1.807) is 0 Å². The van der Waals surface area contributed by atoms with E-state index in [2.05, 4.69) is 4.74 Å². The van der Waals surface area contributed by atoms with E-state index in [0.717, 1.165) is 0 Å². The van der Waals surface area contributed by atoms with Gasteiger partial charge in [0.05, 0.1) is 0 Å². The summed E-state index contributed by atoms with van der Waals surface area (Å²) in [5.74, 6) is -4.07. The van der Waals surface area contributed by atoms with Crippen LogP contribution in [-0.4, -0.2) is 51.4 Å². The molecule has 3 N–H and O–H groups in total. The van der Waals surface area contributed by atoms with Crippen LogP contribution in [0, 0.1) is 0 Å². The van der Waals surface area contributed by atoms with Crippen LogP contribution in [0.5, 0.6) is 0 Å². The Morgan fingerprint density at radius 3 is 2.31 bits per heavy atom. The van der Waals surface area contributed by atoms with Crippen LogP contribution in [0.25, 0.3) is 0 Å². The van der Waals surface area contributed by atoms with Crippen LogP contribution in [0.15, 0.2) is 0 Å². The van der Waals surface area contributed by atoms with Crippen molar-refractivity contribution in [3.63, 3.8) is 0 Å². The van der Waals surface area contributed by atoms with Gasteiger partial charge in [0.2, 0.25) is 11.9 Å². The molecule has 0 bridgehead atoms. The van der Waals surface area contributed by atoms with Crippen LogP contribution in [0.4, 0.5) is 0 Å². The molecular weight excluding hydrogens is 184 g/mol. The molecule has 0 aromatic rings. The lowest BCUT2D eigenvalue weighted by Gasteiger charge is -2.09. The van der Waals surface area contributed by atoms with Gasteiger partial charge in [0.25, 0.3) is 0 Å². The summed E-state index contributed by atoms with van der Waals surface area (Å²) >= 11 is 0. The first kappa shape index (κ1) is 9.62. The summed E-state index contributed by atoms with van der Waals surface area (Å²) in [5, 5.41) is 25.8. The molecule has 1 aliphatic heterocycles. The van der Waals surface area contributed by atoms with Gasteiger partial charge in [-0.3, -0.25) is 4.79 Å². The molecule has 0 amide bonds. The lowest BCUT2D eigenvalue weighted by Crippen LogP contribution is -2.39. The maximum Gasteiger partial charge on any atom is 0.343 e. The molecule has 1 fully saturated rings. The number of carbonyl (C=O) groups excluding carboxylic acids is 2. The number of rotatable bonds is 2. The van der Waals surface area contributed by atoms with Crippen molar-refractivity contribution in [1.82, 2.24) is 0 Å². The van der Waals surface area contributed by atoms with E-state index in [1.165, 1.54) is 0 Å². The summed E-state index contributed by atoms with van der Waals surface area (Å²) in [7, 11) is 0. The molecule has 1 aliphatic rings. The van der Waals surface area contributed by atoms with E-state index >= 15 is 0 Å². The zero-order valence-corrected chi connectivity index (χ0v) is 6.21. The van der Waals surface area contributed by atoms with Crippen LogP contribution < -0.4 is 0 Å². The summed E-state index contributed by atoms with van der Waals surface area (Å²) in [5.41, 5.74) is 0. The van der Waals surface area contributed by atoms with Gasteiger partial charge < -0.3 is 20.1 Å². The maximum atomic E-state index is 10.8. The third kappa shape index (κ3) is 1.51. The van der Waals surface area contributed by atoms with Gasteiger partial charge in [-0.1, -0.05) is 0 Å². The number of aliphatic carboxylic acids is 1. The Labute approximate surface area is 71.5 Å². The van der Waals surface area contributed by atoms with Gasteiger partial charge in [0.1, 0.15) is 0 Å². The molecule has 7 nitrogen and oxygen atoms in total. The Bertz CT molecular complexity index is 270. The van der Waals surface area contributed by atoms with E-state index in [1.807, 2.05) is 0 Å². The van der Waals surface area contributed by atoms with Gasteiger partial charge in [0.15, 0.2) is 12.2 Å². The van der Waals surface area contributed by atoms with Crippen LogP contribution in [-0.2, 0) is 19.1 Å². The van der Waals surface area contributed by atoms with Gasteiger partial charge in [0, 0.05) is 0 Å². The van der Waals surface area contributed by atoms with Crippen molar-refractivity contribution < 1.29 is 34.4 Å². The highest BCUT2D eigenvalue weighted by Crippen LogP contribution is 2.14. The molecule has 13 heavy (non-hydrogen) atoms. The average Bonchev–Trinajstić information content (AvgIpc) is 2.31. The second-order valence-electron chi connectivity index (χ2n) is 2.45. The normalized spacial score (nSPS) is 30.0. The lowest BCUT2D eigenvalue weighted by atomic mass is 10.1. The Morgan fingerprint density at radius 1 is 1.46 bits per heavy atom. The van der Waals surface area contributed by atoms with Crippen molar-refractivity contribution in [2.45, 2.75) is 18.3 Å². The van der Waals surface area contributed by atoms with Crippen LogP contribution in [0.1, 0.15) is 0 Å². The van der Waals surface area contributed by atoms with Gasteiger partial charge in [-0.05, 0) is 0 Å². The van der Waals surface area contributed by atoms with Crippen molar-refractivity contribution in [2.24, 2.45) is 0 Å². The number of carboxylic acids is 1. The summed E-state index contributed by atoms with van der Waals surface area (Å²) in [6.45, 7) is 0. The minimum absolute atomic E-state index is 1.14. The fourth-order valence-corrected chi connectivity index (χ4v) is 0.869. The second kappa shape index (κ2) is 3.11. The molecule has 0 saturated carbocycles. The van der Waals surface area contributed by atoms with Gasteiger partial charge in [-0.2, -0.15) is 0 Å². The molecule has 0 spiro atoms. The number of ketones is 1. The summed E-state index contributed by atoms with van der Waals surface area (Å²) in [6.07, 6.45) is -5.92. The first-order valence-corrected chi connectivity index (χ1v) is 3.28. The molecule has 1 heterocycles. The Balaban J connectivity index is 2.80. The number of carbonyl (C=O) groups is 3. The largest absolute Gasteiger partial charge is 0.479 e. The Hall–Kier alpha value is -1.47. The van der Waals surface area contributed by atoms with E-state index < -0.39 is 36.0 Å². The van der Waals surface area contributed by atoms with Gasteiger partial charge >= 0.3 is 11.9 Å². The van der Waals surface area contributed by atoms with E-state index in [0.29, 0.717) is 0 Å². The Morgan fingerprint density at radius 2 is 2.00 bits per heavy atom. The number of ether oxygens (including phenoxy) is 1. The molecule has 1 saturated heterocycles. The topological polar surface area (TPSA) is 121 Å². The number of esters is 1. The van der Waals surface area contributed by atoms with Crippen molar-refractivity contribution in [3.05, 3.63) is 0 Å². The minimum atomic E-state index is -2.13. The standard InChI is InChI=1S/C6H6O7/c7-1-2(8)6(12)13-4(1)3(9)5(10)11/h2-4,8-9H,(H,10,11). The quantitative estimate of drug-likeness (QED) is 0.319. The lowest BCUT2D eigenvalue weighted by molar-refractivity contribution is -0.161. The molecule has 1 rings (SSSR count). The predicted molar refractivity (Wildman–Crippen MR) is 34.5 cm³/mol. The van der Waals surface area contributed by atoms with Gasteiger partial charge in [-0.25, -0.2) is 9.59 Å². The highest BCUT2D eigenvalue weighted by Gasteiger charge is 2.48. The van der Waals surface area contributed by atoms with E-state index in [9.17, 15) is 14.4 Å². The number of aliphatic hydroxyl groups excluding tert-OH is 2. The van der Waals surface area contributed by atoms with E-state index in [-0.39, 0.29) is 0 Å². The van der Waals surface area contributed by atoms with Crippen molar-refractivity contribution in [1.29, 1.82) is 0 Å². The SMILES string of the molecule is O=C1OC(C(O)C(=O)O)C(=O)C1O. The first-order valence-electron chi connectivity index (χ1n) is 3.28. The van der Waals surface area contributed by atoms with Crippen LogP contribution in [0.3, 0.4) is 0 Å². The molecule has 0 radical (unpaired) electrons. The third-order valence-electron chi connectivity index (χ3n) is 1.56. The molecule has 3 atom stereocenters. The molecule has 7 heteroatoms. The molecule has 3 unspecified atom stereocenters. The molecule has 0 aromatic heterocycles. The number of hydrogen-bond acceptors (Lipinski definition) is 6. The fraction of sp³-hybridized carbons (Fsp3) is 0.500. The van der Waals surface area contributed by atoms with Crippen molar-refractivity contribution >= 4 is 17.7 Å². The molecule has 0 aromatic carbocycles. The van der Waals surface area contributed by atoms with Crippen molar-refractivity contribution in [3.8, 4) is 0 Å². The highest BCUT2D eigenvalue weighted by molar-refractivity contribution is 6.10. The van der Waals surface area contributed by atoms with Crippen LogP contribution in [0.2, 0.25) is 0 Å². The number of Topliss-reactive ketones (excluding diaryl/α,β-unsaturated/α-hetero) is 1. The number of cyclic esters (lactones) is 1. The predicted octanol–water partition coefficient (Wildman–Crippen LogP) is -2.71. The summed E-state index contributed by atoms with van der Waals surface area (Å²) in [6, 6.07) is 0. The van der Waals surface area contributed by atoms with E-state index in [4.69, 9.17) is 15.3 Å². The first-order chi connectivity index (χ1) is 5.95. The molecule has 0 aliphatic carbocycles. The zero-order valence-electron chi connectivity index (χ0n) is 6.21. The van der Waals surface area contributed by atoms with Gasteiger partial charge in [-0.15, -0.1) is 0 Å². The molecular formula is C6H6O7. The highest BCUT2D eigenvalue weighted by atomic mass is 16.6. The number of aliphatic hydroxyl groups is 2. The maximum absolute atomic E-state index is 10.8. The monoisotopic (exact) mass is 190 g/mol. The summed E-state index contributed by atoms with van der Waals surface area (Å²) in [4.78, 5) is 31.5. The minimum Gasteiger partial charge on any atom is -0.479 e. The smallest absolute Gasteiger partial charge is 0.343 e. The molecule has 72 valence electrons. The zero-order chi connectivity index (χ0) is 10.2. The average molecular weight is 190 g/mol. The number of hydrogen-bond donors (Lipinski definition) is 3. The number of carboxylic acid groups (broad SMARTS) is 1. The second-order valence-corrected chi connectivity index (χ2v) is 2.45. The van der Waals surface area contributed by atoms with Crippen molar-refractivity contribution in [2.75, 3.05) is 0 Å². The van der Waals surface area contributed by atoms with Crippen LogP contribution >= 0.6 is 0 Å². The fourth-order valence-electron chi connectivity index (χ4n) is 0.869. The Kier molecular flexibility index (Phi) is 2.30. The summed E-state index contributed by atoms with van der Waals surface area (Å²) < 4.78 is 4.14. The third-order valence-corrected chi connectivity index (χ3v) is 1.56.